The SMILES string of the molecule is COc1ccc(-n2c(SCC(=O)NN=CC(C)=Cc3ccccc3)nc3sc4c(c3c2=O)CCCC4)cc1. The molecule has 0 spiro atoms. The number of benzene rings is 2. The fourth-order valence-corrected chi connectivity index (χ4v) is 6.57. The zero-order valence-corrected chi connectivity index (χ0v) is 22.9. The van der Waals surface area contributed by atoms with E-state index in [4.69, 9.17) is 9.72 Å². The normalized spacial score (nSPS) is 13.6. The first-order chi connectivity index (χ1) is 18.5. The molecule has 2 heterocycles. The third-order valence-electron chi connectivity index (χ3n) is 6.27. The van der Waals surface area contributed by atoms with Crippen molar-refractivity contribution in [2.75, 3.05) is 12.9 Å². The van der Waals surface area contributed by atoms with Gasteiger partial charge in [-0.1, -0.05) is 48.2 Å². The number of thiophene rings is 1. The number of methoxy groups -OCH3 is 1. The number of ether oxygens (including phenoxy) is 1. The fraction of sp³-hybridized carbons (Fsp3) is 0.241. The van der Waals surface area contributed by atoms with E-state index in [1.165, 1.54) is 16.6 Å². The first-order valence-electron chi connectivity index (χ1n) is 12.4. The number of carbonyl (C=O) groups is 1. The van der Waals surface area contributed by atoms with Gasteiger partial charge in [-0.3, -0.25) is 14.2 Å². The molecule has 0 saturated heterocycles. The number of nitrogens with zero attached hydrogens (tertiary/aromatic N) is 3. The predicted molar refractivity (Wildman–Crippen MR) is 156 cm³/mol. The molecule has 1 aliphatic rings. The Labute approximate surface area is 229 Å². The van der Waals surface area contributed by atoms with Gasteiger partial charge in [0.05, 0.1) is 30.2 Å². The molecular weight excluding hydrogens is 516 g/mol. The summed E-state index contributed by atoms with van der Waals surface area (Å²) in [4.78, 5) is 33.3. The molecule has 0 radical (unpaired) electrons. The lowest BCUT2D eigenvalue weighted by Crippen LogP contribution is -2.24. The number of amides is 1. The molecular formula is C29H28N4O3S2. The van der Waals surface area contributed by atoms with E-state index in [0.29, 0.717) is 22.0 Å². The molecule has 7 nitrogen and oxygen atoms in total. The van der Waals surface area contributed by atoms with Gasteiger partial charge in [-0.15, -0.1) is 11.3 Å². The number of aromatic nitrogens is 2. The Morgan fingerprint density at radius 3 is 2.68 bits per heavy atom. The molecule has 0 bridgehead atoms. The van der Waals surface area contributed by atoms with E-state index in [1.807, 2.05) is 67.6 Å². The summed E-state index contributed by atoms with van der Waals surface area (Å²) in [6.07, 6.45) is 7.70. The first kappa shape index (κ1) is 25.9. The van der Waals surface area contributed by atoms with Gasteiger partial charge in [-0.2, -0.15) is 5.10 Å². The average molecular weight is 545 g/mol. The summed E-state index contributed by atoms with van der Waals surface area (Å²) in [6, 6.07) is 17.2. The second kappa shape index (κ2) is 11.8. The maximum Gasteiger partial charge on any atom is 0.267 e. The highest BCUT2D eigenvalue weighted by atomic mass is 32.2. The molecule has 2 aromatic carbocycles. The second-order valence-electron chi connectivity index (χ2n) is 9.00. The third-order valence-corrected chi connectivity index (χ3v) is 8.40. The fourth-order valence-electron chi connectivity index (χ4n) is 4.46. The first-order valence-corrected chi connectivity index (χ1v) is 14.2. The summed E-state index contributed by atoms with van der Waals surface area (Å²) in [7, 11) is 1.60. The van der Waals surface area contributed by atoms with Crippen molar-refractivity contribution in [3.8, 4) is 11.4 Å². The van der Waals surface area contributed by atoms with Crippen LogP contribution in [0.15, 0.2) is 75.2 Å². The van der Waals surface area contributed by atoms with Gasteiger partial charge in [-0.25, -0.2) is 10.4 Å². The van der Waals surface area contributed by atoms with Crippen LogP contribution in [0.25, 0.3) is 22.0 Å². The summed E-state index contributed by atoms with van der Waals surface area (Å²) in [6.45, 7) is 1.92. The summed E-state index contributed by atoms with van der Waals surface area (Å²) in [5.74, 6) is 0.490. The zero-order chi connectivity index (χ0) is 26.5. The van der Waals surface area contributed by atoms with E-state index in [1.54, 1.807) is 29.2 Å². The third kappa shape index (κ3) is 5.74. The van der Waals surface area contributed by atoms with Crippen LogP contribution in [0.2, 0.25) is 0 Å². The number of fused-ring (bicyclic) bond motifs is 3. The molecule has 9 heteroatoms. The molecule has 0 unspecified atom stereocenters. The van der Waals surface area contributed by atoms with E-state index < -0.39 is 0 Å². The van der Waals surface area contributed by atoms with Crippen molar-refractivity contribution in [3.63, 3.8) is 0 Å². The highest BCUT2D eigenvalue weighted by Gasteiger charge is 2.23. The van der Waals surface area contributed by atoms with E-state index in [-0.39, 0.29) is 17.2 Å². The molecule has 194 valence electrons. The number of rotatable bonds is 8. The number of aryl methyl sites for hydroxylation is 2. The summed E-state index contributed by atoms with van der Waals surface area (Å²) in [5.41, 5.74) is 6.27. The predicted octanol–water partition coefficient (Wildman–Crippen LogP) is 5.63. The van der Waals surface area contributed by atoms with Crippen LogP contribution in [0.5, 0.6) is 5.75 Å². The molecule has 0 atom stereocenters. The van der Waals surface area contributed by atoms with Crippen LogP contribution in [0.3, 0.4) is 0 Å². The number of thioether (sulfide) groups is 1. The van der Waals surface area contributed by atoms with Crippen molar-refractivity contribution in [3.05, 3.63) is 86.5 Å². The Balaban J connectivity index is 1.38. The van der Waals surface area contributed by atoms with Crippen molar-refractivity contribution in [2.24, 2.45) is 5.10 Å². The maximum absolute atomic E-state index is 13.8. The minimum Gasteiger partial charge on any atom is -0.497 e. The molecule has 1 amide bonds. The van der Waals surface area contributed by atoms with E-state index in [9.17, 15) is 9.59 Å². The topological polar surface area (TPSA) is 85.6 Å². The van der Waals surface area contributed by atoms with Gasteiger partial charge in [0.25, 0.3) is 11.5 Å². The number of hydrogen-bond donors (Lipinski definition) is 1. The molecule has 2 aromatic heterocycles. The molecule has 1 N–H and O–H groups in total. The average Bonchev–Trinajstić information content (AvgIpc) is 3.31. The highest BCUT2D eigenvalue weighted by molar-refractivity contribution is 7.99. The molecule has 38 heavy (non-hydrogen) atoms. The molecule has 4 aromatic rings. The number of carbonyl (C=O) groups excluding carboxylic acids is 1. The van der Waals surface area contributed by atoms with Gasteiger partial charge in [-0.05, 0) is 73.6 Å². The molecule has 5 rings (SSSR count). The van der Waals surface area contributed by atoms with Crippen molar-refractivity contribution in [2.45, 2.75) is 37.8 Å². The Morgan fingerprint density at radius 2 is 1.92 bits per heavy atom. The lowest BCUT2D eigenvalue weighted by molar-refractivity contribution is -0.118. The Kier molecular flexibility index (Phi) is 8.05. The minimum absolute atomic E-state index is 0.0674. The van der Waals surface area contributed by atoms with Crippen molar-refractivity contribution >= 4 is 51.5 Å². The number of nitrogens with one attached hydrogen (secondary N) is 1. The Bertz CT molecular complexity index is 1570. The van der Waals surface area contributed by atoms with Crippen LogP contribution < -0.4 is 15.7 Å². The van der Waals surface area contributed by atoms with E-state index in [2.05, 4.69) is 10.5 Å². The number of hydrazone groups is 1. The van der Waals surface area contributed by atoms with Gasteiger partial charge in [0.1, 0.15) is 10.6 Å². The van der Waals surface area contributed by atoms with Crippen LogP contribution in [0.1, 0.15) is 35.8 Å². The smallest absolute Gasteiger partial charge is 0.267 e. The van der Waals surface area contributed by atoms with Crippen LogP contribution in [0.4, 0.5) is 0 Å². The van der Waals surface area contributed by atoms with Crippen LogP contribution in [-0.4, -0.2) is 34.5 Å². The van der Waals surface area contributed by atoms with Gasteiger partial charge < -0.3 is 4.74 Å². The summed E-state index contributed by atoms with van der Waals surface area (Å²) >= 11 is 2.82. The number of allylic oxidation sites excluding steroid dienone is 1. The minimum atomic E-state index is -0.278. The quantitative estimate of drug-likeness (QED) is 0.134. The zero-order valence-electron chi connectivity index (χ0n) is 21.3. The van der Waals surface area contributed by atoms with E-state index in [0.717, 1.165) is 47.2 Å². The Hall–Kier alpha value is -3.69. The molecule has 0 saturated carbocycles. The van der Waals surface area contributed by atoms with Crippen LogP contribution in [-0.2, 0) is 17.6 Å². The van der Waals surface area contributed by atoms with Crippen LogP contribution in [0, 0.1) is 0 Å². The summed E-state index contributed by atoms with van der Waals surface area (Å²) < 4.78 is 6.90. The van der Waals surface area contributed by atoms with Crippen molar-refractivity contribution in [1.82, 2.24) is 15.0 Å². The monoisotopic (exact) mass is 544 g/mol. The Morgan fingerprint density at radius 1 is 1.16 bits per heavy atom. The standard InChI is InChI=1S/C29H28N4O3S2/c1-19(16-20-8-4-3-5-9-20)17-30-32-25(34)18-37-29-31-27-26(23-10-6-7-11-24(23)38-27)28(35)33(29)21-12-14-22(36-2)15-13-21/h3-5,8-9,12-17H,6-7,10-11,18H2,1-2H3,(H,32,34). The lowest BCUT2D eigenvalue weighted by atomic mass is 9.97. The van der Waals surface area contributed by atoms with Gasteiger partial charge in [0.15, 0.2) is 5.16 Å². The van der Waals surface area contributed by atoms with E-state index >= 15 is 0 Å². The molecule has 0 fully saturated rings. The van der Waals surface area contributed by atoms with Gasteiger partial charge in [0.2, 0.25) is 0 Å². The number of hydrogen-bond acceptors (Lipinski definition) is 7. The van der Waals surface area contributed by atoms with Crippen LogP contribution >= 0.6 is 23.1 Å². The highest BCUT2D eigenvalue weighted by Crippen LogP contribution is 2.35. The second-order valence-corrected chi connectivity index (χ2v) is 11.0. The molecule has 1 aliphatic carbocycles. The van der Waals surface area contributed by atoms with Crippen molar-refractivity contribution in [1.29, 1.82) is 0 Å². The summed E-state index contributed by atoms with van der Waals surface area (Å²) in [5, 5.41) is 5.27. The largest absolute Gasteiger partial charge is 0.497 e. The van der Waals surface area contributed by atoms with Gasteiger partial charge in [0, 0.05) is 4.88 Å². The van der Waals surface area contributed by atoms with Crippen molar-refractivity contribution < 1.29 is 9.53 Å². The maximum atomic E-state index is 13.8. The van der Waals surface area contributed by atoms with Gasteiger partial charge >= 0.3 is 0 Å². The lowest BCUT2D eigenvalue weighted by Gasteiger charge is -2.14. The molecule has 0 aliphatic heterocycles.